The van der Waals surface area contributed by atoms with Gasteiger partial charge in [-0.2, -0.15) is 0 Å². The summed E-state index contributed by atoms with van der Waals surface area (Å²) < 4.78 is 15.6. The molecule has 0 saturated carbocycles. The monoisotopic (exact) mass is 256 g/mol. The molecule has 2 unspecified atom stereocenters. The van der Waals surface area contributed by atoms with Crippen LogP contribution < -0.4 is 0 Å². The molecule has 1 aliphatic rings. The third-order valence-corrected chi connectivity index (χ3v) is 2.77. The molecule has 1 aliphatic heterocycles. The summed E-state index contributed by atoms with van der Waals surface area (Å²) in [5.41, 5.74) is 0.891. The molecule has 92 valence electrons. The quantitative estimate of drug-likeness (QED) is 0.779. The zero-order chi connectivity index (χ0) is 12.3. The van der Waals surface area contributed by atoms with Crippen LogP contribution in [0, 0.1) is 0 Å². The number of ether oxygens (including phenoxy) is 3. The van der Waals surface area contributed by atoms with Gasteiger partial charge >= 0.3 is 5.97 Å². The average molecular weight is 257 g/mol. The van der Waals surface area contributed by atoms with Crippen molar-refractivity contribution < 1.29 is 19.0 Å². The Kier molecular flexibility index (Phi) is 3.99. The number of carbonyl (C=O) groups excluding carboxylic acids is 1. The van der Waals surface area contributed by atoms with Gasteiger partial charge in [0.15, 0.2) is 6.29 Å². The number of rotatable bonds is 3. The molecule has 0 N–H and O–H groups in total. The normalized spacial score (nSPS) is 23.6. The van der Waals surface area contributed by atoms with E-state index in [1.165, 1.54) is 7.11 Å². The van der Waals surface area contributed by atoms with E-state index >= 15 is 0 Å². The minimum Gasteiger partial charge on any atom is -0.469 e. The van der Waals surface area contributed by atoms with Gasteiger partial charge in [0.2, 0.25) is 0 Å². The van der Waals surface area contributed by atoms with E-state index in [0.717, 1.165) is 5.56 Å². The minimum absolute atomic E-state index is 0.209. The molecule has 5 heteroatoms. The smallest absolute Gasteiger partial charge is 0.308 e. The summed E-state index contributed by atoms with van der Waals surface area (Å²) in [6.07, 6.45) is -0.467. The van der Waals surface area contributed by atoms with Gasteiger partial charge in [-0.05, 0) is 12.1 Å². The Morgan fingerprint density at radius 1 is 1.47 bits per heavy atom. The van der Waals surface area contributed by atoms with Crippen molar-refractivity contribution in [2.24, 2.45) is 0 Å². The predicted octanol–water partition coefficient (Wildman–Crippen LogP) is 2.32. The van der Waals surface area contributed by atoms with Gasteiger partial charge in [-0.25, -0.2) is 0 Å². The summed E-state index contributed by atoms with van der Waals surface area (Å²) in [5.74, 6) is -0.296. The van der Waals surface area contributed by atoms with E-state index in [4.69, 9.17) is 21.1 Å². The topological polar surface area (TPSA) is 44.8 Å². The number of methoxy groups -OCH3 is 1. The number of benzene rings is 1. The van der Waals surface area contributed by atoms with E-state index in [9.17, 15) is 4.79 Å². The van der Waals surface area contributed by atoms with Crippen molar-refractivity contribution in [3.8, 4) is 0 Å². The third kappa shape index (κ3) is 3.19. The summed E-state index contributed by atoms with van der Waals surface area (Å²) in [4.78, 5) is 11.1. The summed E-state index contributed by atoms with van der Waals surface area (Å²) >= 11 is 5.79. The van der Waals surface area contributed by atoms with Gasteiger partial charge in [-0.1, -0.05) is 23.7 Å². The molecule has 1 saturated heterocycles. The van der Waals surface area contributed by atoms with Crippen LogP contribution in [-0.4, -0.2) is 25.8 Å². The minimum atomic E-state index is -0.429. The van der Waals surface area contributed by atoms with Crippen LogP contribution in [0.5, 0.6) is 0 Å². The molecule has 1 fully saturated rings. The molecule has 0 radical (unpaired) electrons. The predicted molar refractivity (Wildman–Crippen MR) is 61.7 cm³/mol. The van der Waals surface area contributed by atoms with Crippen LogP contribution in [0.15, 0.2) is 24.3 Å². The van der Waals surface area contributed by atoms with Crippen molar-refractivity contribution in [2.75, 3.05) is 13.7 Å². The van der Waals surface area contributed by atoms with Crippen molar-refractivity contribution in [3.05, 3.63) is 34.9 Å². The van der Waals surface area contributed by atoms with Gasteiger partial charge in [0.25, 0.3) is 0 Å². The van der Waals surface area contributed by atoms with Crippen LogP contribution >= 0.6 is 11.6 Å². The Morgan fingerprint density at radius 3 is 2.82 bits per heavy atom. The molecule has 0 amide bonds. The highest BCUT2D eigenvalue weighted by molar-refractivity contribution is 6.30. The summed E-state index contributed by atoms with van der Waals surface area (Å²) in [5, 5.41) is 0.665. The van der Waals surface area contributed by atoms with Crippen LogP contribution in [0.2, 0.25) is 5.02 Å². The molecular weight excluding hydrogens is 244 g/mol. The molecule has 0 aliphatic carbocycles. The van der Waals surface area contributed by atoms with Crippen molar-refractivity contribution in [2.45, 2.75) is 18.8 Å². The van der Waals surface area contributed by atoms with Crippen LogP contribution in [0.1, 0.15) is 18.3 Å². The van der Waals surface area contributed by atoms with Crippen LogP contribution in [0.25, 0.3) is 0 Å². The Morgan fingerprint density at radius 2 is 2.18 bits per heavy atom. The summed E-state index contributed by atoms with van der Waals surface area (Å²) in [6, 6.07) is 7.23. The van der Waals surface area contributed by atoms with E-state index < -0.39 is 6.29 Å². The molecule has 2 atom stereocenters. The second-order valence-corrected chi connectivity index (χ2v) is 4.19. The first-order chi connectivity index (χ1) is 8.19. The highest BCUT2D eigenvalue weighted by Gasteiger charge is 2.29. The molecule has 0 bridgehead atoms. The zero-order valence-electron chi connectivity index (χ0n) is 9.39. The van der Waals surface area contributed by atoms with Crippen molar-refractivity contribution >= 4 is 17.6 Å². The fourth-order valence-corrected chi connectivity index (χ4v) is 1.75. The van der Waals surface area contributed by atoms with Crippen LogP contribution in [0.3, 0.4) is 0 Å². The SMILES string of the molecule is COC(=O)CC1COC(c2ccc(Cl)cc2)O1. The molecule has 1 heterocycles. The summed E-state index contributed by atoms with van der Waals surface area (Å²) in [7, 11) is 1.36. The molecule has 1 aromatic carbocycles. The lowest BCUT2D eigenvalue weighted by molar-refractivity contribution is -0.143. The largest absolute Gasteiger partial charge is 0.469 e. The molecule has 17 heavy (non-hydrogen) atoms. The number of halogens is 1. The van der Waals surface area contributed by atoms with Crippen LogP contribution in [-0.2, 0) is 19.0 Å². The number of hydrogen-bond donors (Lipinski definition) is 0. The maximum atomic E-state index is 11.1. The molecule has 0 spiro atoms. The molecule has 1 aromatic rings. The van der Waals surface area contributed by atoms with E-state index in [1.54, 1.807) is 12.1 Å². The van der Waals surface area contributed by atoms with Crippen molar-refractivity contribution in [1.29, 1.82) is 0 Å². The highest BCUT2D eigenvalue weighted by atomic mass is 35.5. The first-order valence-electron chi connectivity index (χ1n) is 5.28. The Labute approximate surface area is 104 Å². The van der Waals surface area contributed by atoms with Gasteiger partial charge in [0.05, 0.1) is 26.2 Å². The van der Waals surface area contributed by atoms with Gasteiger partial charge in [0, 0.05) is 10.6 Å². The van der Waals surface area contributed by atoms with Gasteiger partial charge in [0.1, 0.15) is 0 Å². The van der Waals surface area contributed by atoms with Gasteiger partial charge in [-0.15, -0.1) is 0 Å². The number of carbonyl (C=O) groups is 1. The lowest BCUT2D eigenvalue weighted by Crippen LogP contribution is -2.16. The van der Waals surface area contributed by atoms with E-state index in [0.29, 0.717) is 11.6 Å². The standard InChI is InChI=1S/C12H13ClO4/c1-15-11(14)6-10-7-16-12(17-10)8-2-4-9(13)5-3-8/h2-5,10,12H,6-7H2,1H3. The number of hydrogen-bond acceptors (Lipinski definition) is 4. The molecular formula is C12H13ClO4. The van der Waals surface area contributed by atoms with Crippen molar-refractivity contribution in [1.82, 2.24) is 0 Å². The van der Waals surface area contributed by atoms with E-state index in [2.05, 4.69) is 4.74 Å². The maximum Gasteiger partial charge on any atom is 0.308 e. The molecule has 4 nitrogen and oxygen atoms in total. The number of esters is 1. The van der Waals surface area contributed by atoms with E-state index in [1.807, 2.05) is 12.1 Å². The Hall–Kier alpha value is -1.10. The molecule has 0 aromatic heterocycles. The Balaban J connectivity index is 1.93. The second-order valence-electron chi connectivity index (χ2n) is 3.76. The third-order valence-electron chi connectivity index (χ3n) is 2.51. The summed E-state index contributed by atoms with van der Waals surface area (Å²) in [6.45, 7) is 0.391. The first kappa shape index (κ1) is 12.4. The van der Waals surface area contributed by atoms with Gasteiger partial charge < -0.3 is 14.2 Å². The second kappa shape index (κ2) is 5.49. The highest BCUT2D eigenvalue weighted by Crippen LogP contribution is 2.28. The maximum absolute atomic E-state index is 11.1. The fourth-order valence-electron chi connectivity index (χ4n) is 1.62. The van der Waals surface area contributed by atoms with Crippen molar-refractivity contribution in [3.63, 3.8) is 0 Å². The lowest BCUT2D eigenvalue weighted by Gasteiger charge is -2.11. The van der Waals surface area contributed by atoms with Crippen LogP contribution in [0.4, 0.5) is 0 Å². The fraction of sp³-hybridized carbons (Fsp3) is 0.417. The lowest BCUT2D eigenvalue weighted by atomic mass is 10.2. The molecule has 2 rings (SSSR count). The van der Waals surface area contributed by atoms with Gasteiger partial charge in [-0.3, -0.25) is 4.79 Å². The zero-order valence-corrected chi connectivity index (χ0v) is 10.1. The Bertz CT molecular complexity index is 390. The average Bonchev–Trinajstić information content (AvgIpc) is 2.78. The van der Waals surface area contributed by atoms with E-state index in [-0.39, 0.29) is 18.5 Å². The first-order valence-corrected chi connectivity index (χ1v) is 5.66.